The van der Waals surface area contributed by atoms with Gasteiger partial charge in [0.05, 0.1) is 4.92 Å². The number of hydrogen-bond donors (Lipinski definition) is 0. The van der Waals surface area contributed by atoms with Gasteiger partial charge < -0.3 is 4.74 Å². The summed E-state index contributed by atoms with van der Waals surface area (Å²) in [6.07, 6.45) is -4.75. The first-order valence-electron chi connectivity index (χ1n) is 5.57. The van der Waals surface area contributed by atoms with Gasteiger partial charge in [-0.1, -0.05) is 29.8 Å². The van der Waals surface area contributed by atoms with Crippen molar-refractivity contribution in [3.63, 3.8) is 0 Å². The first kappa shape index (κ1) is 15.1. The number of nitro benzene ring substituents is 1. The Kier molecular flexibility index (Phi) is 4.04. The molecule has 0 saturated heterocycles. The van der Waals surface area contributed by atoms with Gasteiger partial charge in [-0.3, -0.25) is 10.1 Å². The van der Waals surface area contributed by atoms with Gasteiger partial charge in [0, 0.05) is 6.07 Å². The Morgan fingerprint density at radius 2 is 1.71 bits per heavy atom. The minimum absolute atomic E-state index is 0.0883. The van der Waals surface area contributed by atoms with Crippen LogP contribution in [0, 0.1) is 10.1 Å². The maximum Gasteiger partial charge on any atom is 0.420 e. The summed E-state index contributed by atoms with van der Waals surface area (Å²) in [5.74, 6) is -0.699. The summed E-state index contributed by atoms with van der Waals surface area (Å²) in [6, 6.07) is 8.84. The fourth-order valence-electron chi connectivity index (χ4n) is 1.62. The molecule has 8 heteroatoms. The number of ether oxygens (including phenoxy) is 1. The molecule has 0 amide bonds. The van der Waals surface area contributed by atoms with Gasteiger partial charge in [-0.25, -0.2) is 0 Å². The van der Waals surface area contributed by atoms with Crippen LogP contribution in [0.1, 0.15) is 5.56 Å². The molecule has 0 aliphatic carbocycles. The van der Waals surface area contributed by atoms with E-state index in [2.05, 4.69) is 0 Å². The molecule has 2 aromatic rings. The molecule has 0 saturated carbocycles. The van der Waals surface area contributed by atoms with Gasteiger partial charge in [-0.15, -0.1) is 0 Å². The van der Waals surface area contributed by atoms with Gasteiger partial charge in [0.2, 0.25) is 0 Å². The van der Waals surface area contributed by atoms with Crippen LogP contribution in [0.5, 0.6) is 11.5 Å². The highest BCUT2D eigenvalue weighted by Gasteiger charge is 2.38. The number of benzene rings is 2. The van der Waals surface area contributed by atoms with E-state index in [1.54, 1.807) is 18.2 Å². The fourth-order valence-corrected chi connectivity index (χ4v) is 1.89. The lowest BCUT2D eigenvalue weighted by Gasteiger charge is -2.15. The maximum atomic E-state index is 13.0. The number of hydrogen-bond acceptors (Lipinski definition) is 3. The molecule has 0 atom stereocenters. The first-order valence-corrected chi connectivity index (χ1v) is 5.95. The maximum absolute atomic E-state index is 13.0. The lowest BCUT2D eigenvalue weighted by molar-refractivity contribution is -0.384. The van der Waals surface area contributed by atoms with Crippen molar-refractivity contribution in [1.29, 1.82) is 0 Å². The molecule has 0 unspecified atom stereocenters. The second-order valence-corrected chi connectivity index (χ2v) is 4.32. The van der Waals surface area contributed by atoms with Gasteiger partial charge in [0.25, 0.3) is 5.69 Å². The molecule has 110 valence electrons. The molecule has 4 nitrogen and oxygen atoms in total. The Hall–Kier alpha value is -2.28. The van der Waals surface area contributed by atoms with Gasteiger partial charge >= 0.3 is 6.18 Å². The van der Waals surface area contributed by atoms with Crippen molar-refractivity contribution in [2.45, 2.75) is 6.18 Å². The second-order valence-electron chi connectivity index (χ2n) is 3.95. The van der Waals surface area contributed by atoms with Gasteiger partial charge in [-0.2, -0.15) is 13.2 Å². The van der Waals surface area contributed by atoms with E-state index in [1.807, 2.05) is 0 Å². The van der Waals surface area contributed by atoms with Crippen LogP contribution >= 0.6 is 11.6 Å². The van der Waals surface area contributed by atoms with Crippen molar-refractivity contribution in [2.24, 2.45) is 0 Å². The Balaban J connectivity index is 2.59. The van der Waals surface area contributed by atoms with E-state index in [0.29, 0.717) is 12.1 Å². The predicted molar refractivity (Wildman–Crippen MR) is 69.6 cm³/mol. The summed E-state index contributed by atoms with van der Waals surface area (Å²) in [4.78, 5) is 9.90. The minimum atomic E-state index is -4.75. The van der Waals surface area contributed by atoms with Crippen molar-refractivity contribution in [1.82, 2.24) is 0 Å². The predicted octanol–water partition coefficient (Wildman–Crippen LogP) is 5.06. The third-order valence-corrected chi connectivity index (χ3v) is 2.91. The Bertz CT molecular complexity index is 674. The zero-order chi connectivity index (χ0) is 15.6. The highest BCUT2D eigenvalue weighted by atomic mass is 35.5. The number of halogens is 4. The van der Waals surface area contributed by atoms with E-state index in [0.717, 1.165) is 0 Å². The van der Waals surface area contributed by atoms with Crippen molar-refractivity contribution < 1.29 is 22.8 Å². The van der Waals surface area contributed by atoms with Crippen LogP contribution in [0.25, 0.3) is 0 Å². The average Bonchev–Trinajstić information content (AvgIpc) is 2.40. The Labute approximate surface area is 121 Å². The lowest BCUT2D eigenvalue weighted by Crippen LogP contribution is -2.08. The van der Waals surface area contributed by atoms with Gasteiger partial charge in [0.15, 0.2) is 10.8 Å². The number of rotatable bonds is 3. The van der Waals surface area contributed by atoms with Gasteiger partial charge in [-0.05, 0) is 18.2 Å². The van der Waals surface area contributed by atoms with Crippen molar-refractivity contribution in [3.8, 4) is 11.5 Å². The molecule has 2 rings (SSSR count). The molecule has 0 bridgehead atoms. The molecule has 0 aromatic heterocycles. The van der Waals surface area contributed by atoms with Crippen LogP contribution in [0.15, 0.2) is 42.5 Å². The average molecular weight is 318 g/mol. The van der Waals surface area contributed by atoms with Crippen LogP contribution in [0.3, 0.4) is 0 Å². The SMILES string of the molecule is O=[N+]([O-])c1ccc(C(F)(F)F)c(Oc2ccccc2)c1Cl. The number of alkyl halides is 3. The van der Waals surface area contributed by atoms with E-state index in [1.165, 1.54) is 12.1 Å². The topological polar surface area (TPSA) is 52.4 Å². The quantitative estimate of drug-likeness (QED) is 0.587. The molecular weight excluding hydrogens is 311 g/mol. The van der Waals surface area contributed by atoms with E-state index >= 15 is 0 Å². The normalized spacial score (nSPS) is 11.2. The molecule has 21 heavy (non-hydrogen) atoms. The molecule has 0 heterocycles. The lowest BCUT2D eigenvalue weighted by atomic mass is 10.1. The number of nitro groups is 1. The summed E-state index contributed by atoms with van der Waals surface area (Å²) in [6.45, 7) is 0. The van der Waals surface area contributed by atoms with Crippen LogP contribution in [0.2, 0.25) is 5.02 Å². The molecule has 0 radical (unpaired) electrons. The summed E-state index contributed by atoms with van der Waals surface area (Å²) in [5.41, 5.74) is -1.84. The zero-order valence-electron chi connectivity index (χ0n) is 10.2. The van der Waals surface area contributed by atoms with E-state index < -0.39 is 33.1 Å². The first-order chi connectivity index (χ1) is 9.80. The van der Waals surface area contributed by atoms with E-state index in [4.69, 9.17) is 16.3 Å². The summed E-state index contributed by atoms with van der Waals surface area (Å²) < 4.78 is 44.0. The Morgan fingerprint density at radius 3 is 2.24 bits per heavy atom. The van der Waals surface area contributed by atoms with Gasteiger partial charge in [0.1, 0.15) is 11.3 Å². The molecule has 0 aliphatic heterocycles. The van der Waals surface area contributed by atoms with Crippen LogP contribution < -0.4 is 4.74 Å². The highest BCUT2D eigenvalue weighted by molar-refractivity contribution is 6.34. The third kappa shape index (κ3) is 3.25. The van der Waals surface area contributed by atoms with Crippen LogP contribution in [-0.4, -0.2) is 4.92 Å². The highest BCUT2D eigenvalue weighted by Crippen LogP contribution is 2.45. The number of para-hydroxylation sites is 1. The zero-order valence-corrected chi connectivity index (χ0v) is 11.0. The molecular formula is C13H7ClF3NO3. The summed E-state index contributed by atoms with van der Waals surface area (Å²) >= 11 is 5.70. The minimum Gasteiger partial charge on any atom is -0.455 e. The molecule has 0 fully saturated rings. The molecule has 0 N–H and O–H groups in total. The van der Waals surface area contributed by atoms with E-state index in [-0.39, 0.29) is 5.75 Å². The molecule has 0 aliphatic rings. The van der Waals surface area contributed by atoms with E-state index in [9.17, 15) is 23.3 Å². The van der Waals surface area contributed by atoms with Crippen molar-refractivity contribution in [3.05, 3.63) is 63.2 Å². The molecule has 0 spiro atoms. The largest absolute Gasteiger partial charge is 0.455 e. The van der Waals surface area contributed by atoms with Crippen LogP contribution in [0.4, 0.5) is 18.9 Å². The third-order valence-electron chi connectivity index (χ3n) is 2.54. The fraction of sp³-hybridized carbons (Fsp3) is 0.0769. The van der Waals surface area contributed by atoms with Crippen LogP contribution in [-0.2, 0) is 6.18 Å². The summed E-state index contributed by atoms with van der Waals surface area (Å²) in [5, 5.41) is 10.1. The molecule has 2 aromatic carbocycles. The van der Waals surface area contributed by atoms with Crippen molar-refractivity contribution >= 4 is 17.3 Å². The van der Waals surface area contributed by atoms with Crippen molar-refractivity contribution in [2.75, 3.05) is 0 Å². The number of nitrogens with zero attached hydrogens (tertiary/aromatic N) is 1. The monoisotopic (exact) mass is 317 g/mol. The Morgan fingerprint density at radius 1 is 1.10 bits per heavy atom. The summed E-state index contributed by atoms with van der Waals surface area (Å²) in [7, 11) is 0. The standard InChI is InChI=1S/C13H7ClF3NO3/c14-11-10(18(19)20)7-6-9(13(15,16)17)12(11)21-8-4-2-1-3-5-8/h1-7H. The second kappa shape index (κ2) is 5.61. The smallest absolute Gasteiger partial charge is 0.420 e.